The van der Waals surface area contributed by atoms with E-state index in [9.17, 15) is 4.79 Å². The van der Waals surface area contributed by atoms with Gasteiger partial charge in [-0.2, -0.15) is 0 Å². The maximum Gasteiger partial charge on any atom is 0.234 e. The Bertz CT molecular complexity index is 722. The van der Waals surface area contributed by atoms with Gasteiger partial charge in [-0.15, -0.1) is 0 Å². The second-order valence-corrected chi connectivity index (χ2v) is 9.33. The van der Waals surface area contributed by atoms with E-state index in [4.69, 9.17) is 9.47 Å². The number of benzene rings is 1. The number of amides is 1. The first-order chi connectivity index (χ1) is 14.1. The lowest BCUT2D eigenvalue weighted by molar-refractivity contribution is -0.126. The van der Waals surface area contributed by atoms with E-state index in [-0.39, 0.29) is 11.9 Å². The number of piperidine rings is 1. The fourth-order valence-corrected chi connectivity index (χ4v) is 6.04. The lowest BCUT2D eigenvalue weighted by Crippen LogP contribution is -2.60. The molecule has 0 bridgehead atoms. The summed E-state index contributed by atoms with van der Waals surface area (Å²) < 4.78 is 11.0. The maximum atomic E-state index is 12.9. The average molecular weight is 401 g/mol. The van der Waals surface area contributed by atoms with Crippen molar-refractivity contribution < 1.29 is 14.3 Å². The Morgan fingerprint density at radius 3 is 2.55 bits per heavy atom. The number of carbonyl (C=O) groups is 1. The van der Waals surface area contributed by atoms with Crippen LogP contribution in [-0.4, -0.2) is 50.7 Å². The van der Waals surface area contributed by atoms with Crippen LogP contribution in [0.2, 0.25) is 0 Å². The first-order valence-corrected chi connectivity index (χ1v) is 11.3. The van der Waals surface area contributed by atoms with E-state index in [1.165, 1.54) is 44.1 Å². The molecule has 1 saturated heterocycles. The molecule has 4 rings (SSSR count). The minimum absolute atomic E-state index is 0.193. The molecule has 160 valence electrons. The van der Waals surface area contributed by atoms with Gasteiger partial charge in [-0.1, -0.05) is 25.8 Å². The summed E-state index contributed by atoms with van der Waals surface area (Å²) in [5.74, 6) is 4.09. The van der Waals surface area contributed by atoms with Gasteiger partial charge in [0.05, 0.1) is 20.8 Å². The quantitative estimate of drug-likeness (QED) is 0.789. The molecule has 1 N–H and O–H groups in total. The SMILES string of the molecule is COc1ccc([C@H]2[C@@H]3CCCC[C@H]3[C@@H]2NC(=O)CN2CCC[C@H](C)C2)cc1OC. The summed E-state index contributed by atoms with van der Waals surface area (Å²) in [6.07, 6.45) is 7.58. The molecule has 5 atom stereocenters. The Hall–Kier alpha value is -1.75. The Labute approximate surface area is 175 Å². The molecule has 1 heterocycles. The summed E-state index contributed by atoms with van der Waals surface area (Å²) in [6, 6.07) is 6.51. The molecule has 0 radical (unpaired) electrons. The number of likely N-dealkylation sites (tertiary alicyclic amines) is 1. The van der Waals surface area contributed by atoms with Gasteiger partial charge >= 0.3 is 0 Å². The van der Waals surface area contributed by atoms with Gasteiger partial charge in [0.2, 0.25) is 5.91 Å². The number of ether oxygens (including phenoxy) is 2. The number of nitrogens with one attached hydrogen (secondary N) is 1. The standard InChI is InChI=1S/C24H36N2O3/c1-16-7-6-12-26(14-16)15-22(27)25-24-19-9-5-4-8-18(19)23(24)17-10-11-20(28-2)21(13-17)29-3/h10-11,13,16,18-19,23-24H,4-9,12,14-15H2,1-3H3,(H,25,27)/t16-,18+,19+,23-,24-/m0/s1. The summed E-state index contributed by atoms with van der Waals surface area (Å²) in [5, 5.41) is 3.44. The van der Waals surface area contributed by atoms with Crippen LogP contribution in [-0.2, 0) is 4.79 Å². The third-order valence-electron chi connectivity index (χ3n) is 7.41. The van der Waals surface area contributed by atoms with E-state index in [0.29, 0.717) is 30.2 Å². The zero-order chi connectivity index (χ0) is 20.4. The van der Waals surface area contributed by atoms with Crippen molar-refractivity contribution in [2.24, 2.45) is 17.8 Å². The van der Waals surface area contributed by atoms with Crippen LogP contribution in [0.15, 0.2) is 18.2 Å². The van der Waals surface area contributed by atoms with Gasteiger partial charge in [0.25, 0.3) is 0 Å². The first kappa shape index (κ1) is 20.5. The molecule has 3 fully saturated rings. The minimum Gasteiger partial charge on any atom is -0.493 e. The van der Waals surface area contributed by atoms with Crippen LogP contribution in [0, 0.1) is 17.8 Å². The van der Waals surface area contributed by atoms with Gasteiger partial charge in [-0.25, -0.2) is 0 Å². The van der Waals surface area contributed by atoms with E-state index in [1.807, 2.05) is 6.07 Å². The van der Waals surface area contributed by atoms with Crippen LogP contribution in [0.25, 0.3) is 0 Å². The van der Waals surface area contributed by atoms with Gasteiger partial charge in [0.1, 0.15) is 0 Å². The van der Waals surface area contributed by atoms with E-state index in [0.717, 1.165) is 24.6 Å². The highest BCUT2D eigenvalue weighted by Gasteiger charge is 2.52. The fraction of sp³-hybridized carbons (Fsp3) is 0.708. The highest BCUT2D eigenvalue weighted by atomic mass is 16.5. The second kappa shape index (κ2) is 8.95. The van der Waals surface area contributed by atoms with Crippen molar-refractivity contribution in [1.29, 1.82) is 0 Å². The Kier molecular flexibility index (Phi) is 6.33. The molecule has 5 heteroatoms. The average Bonchev–Trinajstić information content (AvgIpc) is 2.72. The molecule has 3 aliphatic rings. The largest absolute Gasteiger partial charge is 0.493 e. The minimum atomic E-state index is 0.193. The van der Waals surface area contributed by atoms with Crippen molar-refractivity contribution in [3.05, 3.63) is 23.8 Å². The normalized spacial score (nSPS) is 32.0. The zero-order valence-corrected chi connectivity index (χ0v) is 18.2. The molecule has 1 aromatic carbocycles. The monoisotopic (exact) mass is 400 g/mol. The molecule has 1 aromatic rings. The number of fused-ring (bicyclic) bond motifs is 1. The van der Waals surface area contributed by atoms with E-state index >= 15 is 0 Å². The summed E-state index contributed by atoms with van der Waals surface area (Å²) in [5.41, 5.74) is 1.27. The number of rotatable bonds is 6. The van der Waals surface area contributed by atoms with E-state index < -0.39 is 0 Å². The van der Waals surface area contributed by atoms with Crippen LogP contribution < -0.4 is 14.8 Å². The molecule has 1 amide bonds. The van der Waals surface area contributed by atoms with Crippen molar-refractivity contribution in [2.75, 3.05) is 33.9 Å². The Morgan fingerprint density at radius 1 is 1.07 bits per heavy atom. The van der Waals surface area contributed by atoms with Crippen LogP contribution in [0.1, 0.15) is 56.9 Å². The molecular weight excluding hydrogens is 364 g/mol. The zero-order valence-electron chi connectivity index (χ0n) is 18.2. The second-order valence-electron chi connectivity index (χ2n) is 9.33. The molecule has 2 saturated carbocycles. The number of methoxy groups -OCH3 is 2. The van der Waals surface area contributed by atoms with Crippen LogP contribution in [0.3, 0.4) is 0 Å². The highest BCUT2D eigenvalue weighted by Crippen LogP contribution is 2.55. The Balaban J connectivity index is 1.47. The highest BCUT2D eigenvalue weighted by molar-refractivity contribution is 5.78. The number of hydrogen-bond acceptors (Lipinski definition) is 4. The van der Waals surface area contributed by atoms with Crippen molar-refractivity contribution >= 4 is 5.91 Å². The van der Waals surface area contributed by atoms with E-state index in [2.05, 4.69) is 29.3 Å². The number of hydrogen-bond donors (Lipinski definition) is 1. The molecule has 0 unspecified atom stereocenters. The summed E-state index contributed by atoms with van der Waals surface area (Å²) in [4.78, 5) is 15.2. The topological polar surface area (TPSA) is 50.8 Å². The van der Waals surface area contributed by atoms with Crippen LogP contribution in [0.4, 0.5) is 0 Å². The smallest absolute Gasteiger partial charge is 0.234 e. The molecule has 29 heavy (non-hydrogen) atoms. The van der Waals surface area contributed by atoms with Crippen molar-refractivity contribution in [3.8, 4) is 11.5 Å². The van der Waals surface area contributed by atoms with Gasteiger partial charge < -0.3 is 14.8 Å². The van der Waals surface area contributed by atoms with Gasteiger partial charge in [-0.05, 0) is 67.7 Å². The lowest BCUT2D eigenvalue weighted by atomic mass is 9.53. The van der Waals surface area contributed by atoms with Crippen molar-refractivity contribution in [3.63, 3.8) is 0 Å². The Morgan fingerprint density at radius 2 is 1.83 bits per heavy atom. The van der Waals surface area contributed by atoms with Gasteiger partial charge in [0.15, 0.2) is 11.5 Å². The summed E-state index contributed by atoms with van der Waals surface area (Å²) in [6.45, 7) is 4.92. The van der Waals surface area contributed by atoms with Crippen LogP contribution in [0.5, 0.6) is 11.5 Å². The predicted octanol–water partition coefficient (Wildman–Crippen LogP) is 3.82. The summed E-state index contributed by atoms with van der Waals surface area (Å²) in [7, 11) is 3.35. The molecule has 0 spiro atoms. The van der Waals surface area contributed by atoms with Crippen LogP contribution >= 0.6 is 0 Å². The number of nitrogens with zero attached hydrogens (tertiary/aromatic N) is 1. The molecule has 2 aliphatic carbocycles. The maximum absolute atomic E-state index is 12.9. The predicted molar refractivity (Wildman–Crippen MR) is 115 cm³/mol. The van der Waals surface area contributed by atoms with E-state index in [1.54, 1.807) is 14.2 Å². The fourth-order valence-electron chi connectivity index (χ4n) is 6.04. The van der Waals surface area contributed by atoms with Crippen molar-refractivity contribution in [2.45, 2.75) is 57.4 Å². The molecule has 0 aromatic heterocycles. The first-order valence-electron chi connectivity index (χ1n) is 11.3. The molecular formula is C24H36N2O3. The molecule has 5 nitrogen and oxygen atoms in total. The lowest BCUT2D eigenvalue weighted by Gasteiger charge is -2.55. The van der Waals surface area contributed by atoms with Gasteiger partial charge in [-0.3, -0.25) is 9.69 Å². The van der Waals surface area contributed by atoms with Crippen molar-refractivity contribution in [1.82, 2.24) is 10.2 Å². The summed E-state index contributed by atoms with van der Waals surface area (Å²) >= 11 is 0. The third-order valence-corrected chi connectivity index (χ3v) is 7.41. The molecule has 1 aliphatic heterocycles. The number of carbonyl (C=O) groups excluding carboxylic acids is 1. The third kappa shape index (κ3) is 4.25. The van der Waals surface area contributed by atoms with Gasteiger partial charge in [0, 0.05) is 18.5 Å².